The van der Waals surface area contributed by atoms with Crippen molar-refractivity contribution in [2.24, 2.45) is 0 Å². The Labute approximate surface area is 160 Å². The summed E-state index contributed by atoms with van der Waals surface area (Å²) in [6.07, 6.45) is 3.15. The average Bonchev–Trinajstić information content (AvgIpc) is 3.38. The van der Waals surface area contributed by atoms with Crippen LogP contribution < -0.4 is 0 Å². The van der Waals surface area contributed by atoms with Crippen LogP contribution in [0.25, 0.3) is 11.4 Å². The number of nitrogens with zero attached hydrogens (tertiary/aromatic N) is 6. The molecule has 1 fully saturated rings. The Balaban J connectivity index is 1.56. The Morgan fingerprint density at radius 3 is 2.96 bits per heavy atom. The van der Waals surface area contributed by atoms with Gasteiger partial charge < -0.3 is 4.52 Å². The molecule has 4 rings (SSSR count). The van der Waals surface area contributed by atoms with E-state index in [2.05, 4.69) is 32.2 Å². The lowest BCUT2D eigenvalue weighted by Crippen LogP contribution is -2.33. The van der Waals surface area contributed by atoms with E-state index in [1.54, 1.807) is 17.5 Å². The van der Waals surface area contributed by atoms with Crippen molar-refractivity contribution in [2.45, 2.75) is 31.8 Å². The smallest absolute Gasteiger partial charge is 0.244 e. The quantitative estimate of drug-likeness (QED) is 0.684. The summed E-state index contributed by atoms with van der Waals surface area (Å²) in [4.78, 5) is 11.2. The van der Waals surface area contributed by atoms with Gasteiger partial charge in [-0.2, -0.15) is 15.5 Å². The van der Waals surface area contributed by atoms with Gasteiger partial charge in [0.1, 0.15) is 11.1 Å². The van der Waals surface area contributed by atoms with Gasteiger partial charge >= 0.3 is 0 Å². The maximum atomic E-state index is 9.07. The largest absolute Gasteiger partial charge is 0.337 e. The first-order valence-corrected chi connectivity index (χ1v) is 9.57. The number of hydrogen-bond donors (Lipinski definition) is 0. The molecule has 1 aliphatic rings. The summed E-state index contributed by atoms with van der Waals surface area (Å²) in [5, 5.41) is 24.8. The van der Waals surface area contributed by atoms with Crippen LogP contribution in [0.5, 0.6) is 0 Å². The fourth-order valence-corrected chi connectivity index (χ4v) is 4.03. The first kappa shape index (κ1) is 17.3. The third-order valence-corrected chi connectivity index (χ3v) is 5.43. The highest BCUT2D eigenvalue weighted by Gasteiger charge is 2.29. The molecule has 1 aliphatic heterocycles. The summed E-state index contributed by atoms with van der Waals surface area (Å²) in [7, 11) is 0. The maximum absolute atomic E-state index is 9.07. The van der Waals surface area contributed by atoms with E-state index in [-0.39, 0.29) is 6.04 Å². The Morgan fingerprint density at radius 1 is 1.22 bits per heavy atom. The molecule has 0 aliphatic carbocycles. The molecule has 3 aromatic rings. The predicted molar refractivity (Wildman–Crippen MR) is 98.3 cm³/mol. The monoisotopic (exact) mass is 376 g/mol. The van der Waals surface area contributed by atoms with Crippen molar-refractivity contribution in [1.29, 1.82) is 10.5 Å². The van der Waals surface area contributed by atoms with Gasteiger partial charge in [0.15, 0.2) is 5.69 Å². The number of hydrogen-bond acceptors (Lipinski definition) is 8. The molecule has 0 saturated carbocycles. The van der Waals surface area contributed by atoms with Gasteiger partial charge in [-0.25, -0.2) is 4.98 Å². The number of likely N-dealkylation sites (tertiary alicyclic amines) is 1. The van der Waals surface area contributed by atoms with Crippen LogP contribution in [-0.4, -0.2) is 26.6 Å². The van der Waals surface area contributed by atoms with Crippen LogP contribution in [0.3, 0.4) is 0 Å². The normalized spacial score (nSPS) is 17.3. The number of rotatable bonds is 4. The minimum atomic E-state index is 0.0357. The van der Waals surface area contributed by atoms with Crippen LogP contribution in [0.4, 0.5) is 0 Å². The Hall–Kier alpha value is -3.07. The zero-order valence-electron chi connectivity index (χ0n) is 14.5. The van der Waals surface area contributed by atoms with Crippen LogP contribution in [0.1, 0.15) is 47.5 Å². The molecule has 1 aromatic carbocycles. The standard InChI is InChI=1S/C19H16N6OS/c20-9-13-4-3-5-14(8-13)18-23-19(26-24-18)16-6-1-2-7-25(16)11-17-22-15(10-21)12-27-17/h3-5,8,12,16H,1-2,6-7,11H2. The van der Waals surface area contributed by atoms with Crippen molar-refractivity contribution in [3.05, 3.63) is 51.8 Å². The van der Waals surface area contributed by atoms with E-state index in [1.165, 1.54) is 11.3 Å². The predicted octanol–water partition coefficient (Wildman–Crippen LogP) is 3.66. The highest BCUT2D eigenvalue weighted by Crippen LogP contribution is 2.32. The number of benzene rings is 1. The van der Waals surface area contributed by atoms with Gasteiger partial charge in [0, 0.05) is 10.9 Å². The second kappa shape index (κ2) is 7.67. The summed E-state index contributed by atoms with van der Waals surface area (Å²) < 4.78 is 5.57. The zero-order chi connectivity index (χ0) is 18.6. The second-order valence-electron chi connectivity index (χ2n) is 6.37. The molecule has 1 saturated heterocycles. The van der Waals surface area contributed by atoms with Crippen molar-refractivity contribution >= 4 is 11.3 Å². The molecular weight excluding hydrogens is 360 g/mol. The molecule has 7 nitrogen and oxygen atoms in total. The lowest BCUT2D eigenvalue weighted by Gasteiger charge is -2.32. The number of piperidine rings is 1. The van der Waals surface area contributed by atoms with Gasteiger partial charge in [-0.1, -0.05) is 23.7 Å². The van der Waals surface area contributed by atoms with Crippen LogP contribution in [0.2, 0.25) is 0 Å². The van der Waals surface area contributed by atoms with Crippen LogP contribution in [-0.2, 0) is 6.54 Å². The van der Waals surface area contributed by atoms with Gasteiger partial charge in [-0.05, 0) is 31.5 Å². The van der Waals surface area contributed by atoms with Gasteiger partial charge in [0.25, 0.3) is 0 Å². The third-order valence-electron chi connectivity index (χ3n) is 4.59. The highest BCUT2D eigenvalue weighted by atomic mass is 32.1. The van der Waals surface area contributed by atoms with Crippen LogP contribution in [0, 0.1) is 22.7 Å². The second-order valence-corrected chi connectivity index (χ2v) is 7.31. The fraction of sp³-hybridized carbons (Fsp3) is 0.316. The van der Waals surface area contributed by atoms with Gasteiger partial charge in [-0.3, -0.25) is 4.90 Å². The molecule has 1 unspecified atom stereocenters. The lowest BCUT2D eigenvalue weighted by atomic mass is 10.0. The van der Waals surface area contributed by atoms with E-state index in [0.717, 1.165) is 36.4 Å². The summed E-state index contributed by atoms with van der Waals surface area (Å²) in [5.41, 5.74) is 1.79. The summed E-state index contributed by atoms with van der Waals surface area (Å²) in [5.74, 6) is 1.08. The summed E-state index contributed by atoms with van der Waals surface area (Å²) >= 11 is 1.50. The van der Waals surface area contributed by atoms with E-state index < -0.39 is 0 Å². The Kier molecular flexibility index (Phi) is 4.93. The number of aromatic nitrogens is 3. The van der Waals surface area contributed by atoms with Gasteiger partial charge in [0.05, 0.1) is 24.2 Å². The maximum Gasteiger partial charge on any atom is 0.244 e. The molecule has 134 valence electrons. The van der Waals surface area contributed by atoms with Crippen LogP contribution in [0.15, 0.2) is 34.2 Å². The van der Waals surface area contributed by atoms with E-state index in [9.17, 15) is 0 Å². The highest BCUT2D eigenvalue weighted by molar-refractivity contribution is 7.09. The molecular formula is C19H16N6OS. The fourth-order valence-electron chi connectivity index (χ4n) is 3.28. The summed E-state index contributed by atoms with van der Waals surface area (Å²) in [6, 6.07) is 11.4. The van der Waals surface area contributed by atoms with E-state index in [4.69, 9.17) is 15.0 Å². The van der Waals surface area contributed by atoms with Gasteiger partial charge in [-0.15, -0.1) is 11.3 Å². The van der Waals surface area contributed by atoms with Gasteiger partial charge in [0.2, 0.25) is 11.7 Å². The van der Waals surface area contributed by atoms with Crippen LogP contribution >= 0.6 is 11.3 Å². The van der Waals surface area contributed by atoms with Crippen molar-refractivity contribution in [3.63, 3.8) is 0 Å². The molecule has 0 radical (unpaired) electrons. The third kappa shape index (κ3) is 3.72. The topological polar surface area (TPSA) is 103 Å². The van der Waals surface area contributed by atoms with Crippen molar-refractivity contribution in [2.75, 3.05) is 6.54 Å². The van der Waals surface area contributed by atoms with E-state index in [1.807, 2.05) is 12.1 Å². The molecule has 3 heterocycles. The lowest BCUT2D eigenvalue weighted by molar-refractivity contribution is 0.111. The first-order chi connectivity index (χ1) is 13.3. The van der Waals surface area contributed by atoms with Crippen molar-refractivity contribution in [3.8, 4) is 23.5 Å². The molecule has 27 heavy (non-hydrogen) atoms. The molecule has 8 heteroatoms. The molecule has 2 aromatic heterocycles. The number of thiazole rings is 1. The molecule has 0 amide bonds. The number of nitriles is 2. The minimum absolute atomic E-state index is 0.0357. The Morgan fingerprint density at radius 2 is 2.15 bits per heavy atom. The Bertz CT molecular complexity index is 1030. The minimum Gasteiger partial charge on any atom is -0.337 e. The zero-order valence-corrected chi connectivity index (χ0v) is 15.3. The van der Waals surface area contributed by atoms with Crippen molar-refractivity contribution < 1.29 is 4.52 Å². The SMILES string of the molecule is N#Cc1cccc(-c2noc(C3CCCCN3Cc3nc(C#N)cs3)n2)c1. The molecule has 1 atom stereocenters. The molecule has 0 spiro atoms. The summed E-state index contributed by atoms with van der Waals surface area (Å²) in [6.45, 7) is 1.59. The van der Waals surface area contributed by atoms with Crippen molar-refractivity contribution in [1.82, 2.24) is 20.0 Å². The van der Waals surface area contributed by atoms with E-state index in [0.29, 0.717) is 29.5 Å². The van der Waals surface area contributed by atoms with E-state index >= 15 is 0 Å². The average molecular weight is 376 g/mol. The molecule has 0 bridgehead atoms. The first-order valence-electron chi connectivity index (χ1n) is 8.69. The molecule has 0 N–H and O–H groups in total.